The van der Waals surface area contributed by atoms with Crippen LogP contribution in [0.2, 0.25) is 23.7 Å². The van der Waals surface area contributed by atoms with Gasteiger partial charge in [0, 0.05) is 0 Å². The Morgan fingerprint density at radius 3 is 1.91 bits per heavy atom. The molecule has 0 aromatic carbocycles. The van der Waals surface area contributed by atoms with Crippen LogP contribution in [0.5, 0.6) is 0 Å². The van der Waals surface area contributed by atoms with Crippen molar-refractivity contribution in [2.75, 3.05) is 0 Å². The topological polar surface area (TPSA) is 46.5 Å². The maximum Gasteiger partial charge on any atom is 0.309 e. The summed E-state index contributed by atoms with van der Waals surface area (Å²) in [5, 5.41) is 11.0. The number of esters is 1. The summed E-state index contributed by atoms with van der Waals surface area (Å²) in [5.41, 5.74) is -0.712. The fourth-order valence-corrected chi connectivity index (χ4v) is 6.08. The van der Waals surface area contributed by atoms with Crippen LogP contribution in [0.3, 0.4) is 0 Å². The molecule has 4 heteroatoms. The van der Waals surface area contributed by atoms with E-state index < -0.39 is 14.2 Å². The summed E-state index contributed by atoms with van der Waals surface area (Å²) in [5.74, 6) is -0.161. The molecule has 1 aliphatic rings. The number of hydrogen-bond acceptors (Lipinski definition) is 3. The summed E-state index contributed by atoms with van der Waals surface area (Å²) >= 11 is 0. The maximum absolute atomic E-state index is 13.0. The Kier molecular flexibility index (Phi) is 6.53. The molecule has 0 bridgehead atoms. The zero-order valence-electron chi connectivity index (χ0n) is 16.5. The number of rotatable bonds is 4. The van der Waals surface area contributed by atoms with Crippen molar-refractivity contribution in [1.82, 2.24) is 0 Å². The van der Waals surface area contributed by atoms with Gasteiger partial charge in [0.25, 0.3) is 0 Å². The predicted octanol–water partition coefficient (Wildman–Crippen LogP) is 5.15. The Bertz CT molecular complexity index is 398. The van der Waals surface area contributed by atoms with Crippen molar-refractivity contribution in [1.29, 1.82) is 0 Å². The molecule has 0 unspecified atom stereocenters. The second-order valence-electron chi connectivity index (χ2n) is 9.96. The molecule has 1 N–H and O–H groups in total. The van der Waals surface area contributed by atoms with Crippen molar-refractivity contribution in [2.24, 2.45) is 5.41 Å². The normalized spacial score (nSPS) is 20.9. The molecular weight excluding hydrogens is 304 g/mol. The monoisotopic (exact) mass is 342 g/mol. The summed E-state index contributed by atoms with van der Waals surface area (Å²) in [4.78, 5) is 13.0. The van der Waals surface area contributed by atoms with E-state index in [1.807, 2.05) is 20.8 Å². The molecule has 0 amide bonds. The van der Waals surface area contributed by atoms with Crippen LogP contribution in [-0.2, 0) is 9.53 Å². The van der Waals surface area contributed by atoms with Crippen molar-refractivity contribution in [3.05, 3.63) is 0 Å². The third kappa shape index (κ3) is 5.06. The van der Waals surface area contributed by atoms with Gasteiger partial charge < -0.3 is 9.84 Å². The van der Waals surface area contributed by atoms with Crippen LogP contribution in [0.4, 0.5) is 0 Å². The van der Waals surface area contributed by atoms with E-state index in [9.17, 15) is 9.90 Å². The van der Waals surface area contributed by atoms with Gasteiger partial charge in [-0.15, -0.1) is 0 Å². The molecule has 2 atom stereocenters. The zero-order valence-corrected chi connectivity index (χ0v) is 17.5. The van der Waals surface area contributed by atoms with E-state index in [-0.39, 0.29) is 28.1 Å². The molecule has 136 valence electrons. The van der Waals surface area contributed by atoms with Gasteiger partial charge in [0.15, 0.2) is 0 Å². The van der Waals surface area contributed by atoms with E-state index in [1.54, 1.807) is 0 Å². The number of ether oxygens (including phenoxy) is 1. The van der Waals surface area contributed by atoms with E-state index in [0.717, 1.165) is 25.7 Å². The zero-order chi connectivity index (χ0) is 18.1. The quantitative estimate of drug-likeness (QED) is 0.568. The van der Waals surface area contributed by atoms with Gasteiger partial charge in [-0.2, -0.15) is 0 Å². The molecule has 23 heavy (non-hydrogen) atoms. The molecule has 1 aliphatic carbocycles. The number of carbonyl (C=O) groups excluding carboxylic acids is 1. The summed E-state index contributed by atoms with van der Waals surface area (Å²) in [6.45, 7) is 17.0. The first-order valence-electron chi connectivity index (χ1n) is 9.17. The Balaban J connectivity index is 3.05. The Hall–Kier alpha value is -0.353. The van der Waals surface area contributed by atoms with E-state index in [2.05, 4.69) is 33.9 Å². The molecule has 0 spiro atoms. The molecule has 1 saturated carbocycles. The first-order chi connectivity index (χ1) is 10.3. The highest BCUT2D eigenvalue weighted by molar-refractivity contribution is 6.84. The number of hydrogen-bond donors (Lipinski definition) is 1. The molecule has 0 aromatic heterocycles. The predicted molar refractivity (Wildman–Crippen MR) is 99.4 cm³/mol. The lowest BCUT2D eigenvalue weighted by molar-refractivity contribution is -0.154. The van der Waals surface area contributed by atoms with Crippen LogP contribution in [-0.4, -0.2) is 31.4 Å². The lowest BCUT2D eigenvalue weighted by Gasteiger charge is -2.46. The highest BCUT2D eigenvalue weighted by atomic mass is 28.3. The Morgan fingerprint density at radius 1 is 1.04 bits per heavy atom. The van der Waals surface area contributed by atoms with Gasteiger partial charge in [0.05, 0.1) is 19.7 Å². The number of carbonyl (C=O) groups is 1. The lowest BCUT2D eigenvalue weighted by atomic mass is 9.87. The fraction of sp³-hybridized carbons (Fsp3) is 0.947. The van der Waals surface area contributed by atoms with Gasteiger partial charge in [-0.1, -0.05) is 61.1 Å². The number of aliphatic hydroxyl groups is 1. The molecular formula is C19H38O3Si. The van der Waals surface area contributed by atoms with Crippen molar-refractivity contribution >= 4 is 14.0 Å². The molecule has 1 fully saturated rings. The van der Waals surface area contributed by atoms with Gasteiger partial charge in [0.2, 0.25) is 0 Å². The van der Waals surface area contributed by atoms with Crippen LogP contribution >= 0.6 is 0 Å². The van der Waals surface area contributed by atoms with Crippen LogP contribution < -0.4 is 0 Å². The third-order valence-corrected chi connectivity index (χ3v) is 12.0. The lowest BCUT2D eigenvalue weighted by Crippen LogP contribution is -2.53. The fourth-order valence-electron chi connectivity index (χ4n) is 3.21. The maximum atomic E-state index is 13.0. The second-order valence-corrected chi connectivity index (χ2v) is 15.5. The minimum absolute atomic E-state index is 0.0233. The molecule has 0 aliphatic heterocycles. The molecule has 1 rings (SSSR count). The summed E-state index contributed by atoms with van der Waals surface area (Å²) in [6, 6.07) is 0. The van der Waals surface area contributed by atoms with Crippen LogP contribution in [0.15, 0.2) is 0 Å². The van der Waals surface area contributed by atoms with Gasteiger partial charge in [-0.25, -0.2) is 0 Å². The number of aliphatic hydroxyl groups excluding tert-OH is 1. The SMILES string of the molecule is CC(C)(C)[C@H](O)[C@H](C(=O)OC1CCCCC1)[Si](C)(C)C(C)(C)C. The highest BCUT2D eigenvalue weighted by Gasteiger charge is 2.52. The second kappa shape index (κ2) is 7.26. The molecule has 0 radical (unpaired) electrons. The molecule has 3 nitrogen and oxygen atoms in total. The molecule has 0 saturated heterocycles. The average molecular weight is 343 g/mol. The van der Waals surface area contributed by atoms with Crippen LogP contribution in [0.25, 0.3) is 0 Å². The standard InChI is InChI=1S/C19H38O3Si/c1-18(2,3)16(20)15(23(7,8)19(4,5)6)17(21)22-14-12-10-9-11-13-14/h14-16,20H,9-13H2,1-8H3/t15-,16-/m1/s1. The van der Waals surface area contributed by atoms with Crippen molar-refractivity contribution in [3.63, 3.8) is 0 Å². The van der Waals surface area contributed by atoms with E-state index in [0.29, 0.717) is 0 Å². The molecule has 0 aromatic rings. The van der Waals surface area contributed by atoms with Gasteiger partial charge >= 0.3 is 5.97 Å². The Labute approximate surface area is 144 Å². The van der Waals surface area contributed by atoms with Crippen LogP contribution in [0, 0.1) is 5.41 Å². The first-order valence-corrected chi connectivity index (χ1v) is 12.2. The minimum Gasteiger partial charge on any atom is -0.462 e. The average Bonchev–Trinajstić information content (AvgIpc) is 2.37. The van der Waals surface area contributed by atoms with Gasteiger partial charge in [-0.3, -0.25) is 4.79 Å². The first kappa shape index (κ1) is 20.7. The minimum atomic E-state index is -2.08. The Morgan fingerprint density at radius 2 is 1.52 bits per heavy atom. The van der Waals surface area contributed by atoms with Gasteiger partial charge in [0.1, 0.15) is 6.10 Å². The van der Waals surface area contributed by atoms with Crippen molar-refractivity contribution < 1.29 is 14.6 Å². The van der Waals surface area contributed by atoms with Crippen molar-refractivity contribution in [2.45, 2.75) is 110 Å². The van der Waals surface area contributed by atoms with Crippen molar-refractivity contribution in [3.8, 4) is 0 Å². The van der Waals surface area contributed by atoms with E-state index >= 15 is 0 Å². The van der Waals surface area contributed by atoms with E-state index in [1.165, 1.54) is 6.42 Å². The van der Waals surface area contributed by atoms with Gasteiger partial charge in [-0.05, 0) is 36.1 Å². The smallest absolute Gasteiger partial charge is 0.309 e. The summed E-state index contributed by atoms with van der Waals surface area (Å²) in [7, 11) is -2.08. The summed E-state index contributed by atoms with van der Waals surface area (Å²) < 4.78 is 5.89. The van der Waals surface area contributed by atoms with E-state index in [4.69, 9.17) is 4.74 Å². The third-order valence-electron chi connectivity index (χ3n) is 6.00. The van der Waals surface area contributed by atoms with Crippen LogP contribution in [0.1, 0.15) is 73.6 Å². The molecule has 0 heterocycles. The summed E-state index contributed by atoms with van der Waals surface area (Å²) in [6.07, 6.45) is 4.86. The highest BCUT2D eigenvalue weighted by Crippen LogP contribution is 2.48. The largest absolute Gasteiger partial charge is 0.462 e.